The molecule has 0 aliphatic heterocycles. The van der Waals surface area contributed by atoms with Gasteiger partial charge in [-0.3, -0.25) is 14.4 Å². The van der Waals surface area contributed by atoms with E-state index in [1.54, 1.807) is 0 Å². The molecular formula is C24H34O5. The fourth-order valence-electron chi connectivity index (χ4n) is 7.05. The molecule has 4 aliphatic carbocycles. The highest BCUT2D eigenvalue weighted by molar-refractivity contribution is 5.87. The molecule has 0 aromatic rings. The van der Waals surface area contributed by atoms with Crippen LogP contribution in [-0.4, -0.2) is 29.9 Å². The number of carbonyl (C=O) groups excluding carboxylic acids is 3. The number of esters is 2. The lowest BCUT2D eigenvalue weighted by atomic mass is 9.47. The average Bonchev–Trinajstić information content (AvgIpc) is 2.97. The van der Waals surface area contributed by atoms with Gasteiger partial charge in [0.05, 0.1) is 0 Å². The summed E-state index contributed by atoms with van der Waals surface area (Å²) in [5.74, 6) is 0.858. The zero-order valence-corrected chi connectivity index (χ0v) is 18.2. The van der Waals surface area contributed by atoms with E-state index >= 15 is 0 Å². The van der Waals surface area contributed by atoms with Crippen molar-refractivity contribution in [3.8, 4) is 0 Å². The third kappa shape index (κ3) is 3.25. The van der Waals surface area contributed by atoms with E-state index in [-0.39, 0.29) is 46.8 Å². The Morgan fingerprint density at radius 1 is 1.07 bits per heavy atom. The highest BCUT2D eigenvalue weighted by Gasteiger charge is 2.61. The second-order valence-electron chi connectivity index (χ2n) is 10.1. The minimum Gasteiger partial charge on any atom is -0.462 e. The van der Waals surface area contributed by atoms with Crippen molar-refractivity contribution in [3.05, 3.63) is 11.6 Å². The van der Waals surface area contributed by atoms with Gasteiger partial charge in [0.15, 0.2) is 0 Å². The standard InChI is InChI=1S/C24H34O5/c1-5-21(27)29-19-13-15-12-16(28-14(2)25)8-10-23(15,3)18-9-11-24(4)17(22(18)19)6-7-20(24)26/h13,16-19,22H,5-12H2,1-4H3/t16-,17?,18?,19?,22?,23-,24-/m0/s1. The normalized spacial score (nSPS) is 43.5. The SMILES string of the molecule is CCC(=O)OC1C=C2C[C@@H](OC(C)=O)CC[C@]2(C)C2CC[C@]3(C)C(=O)CCC3C12. The number of hydrogen-bond donors (Lipinski definition) is 0. The molecule has 4 aliphatic rings. The van der Waals surface area contributed by atoms with Gasteiger partial charge >= 0.3 is 11.9 Å². The van der Waals surface area contributed by atoms with Gasteiger partial charge in [0.2, 0.25) is 0 Å². The van der Waals surface area contributed by atoms with E-state index in [4.69, 9.17) is 9.47 Å². The lowest BCUT2D eigenvalue weighted by Crippen LogP contribution is -2.55. The zero-order chi connectivity index (χ0) is 21.0. The van der Waals surface area contributed by atoms with Gasteiger partial charge in [-0.2, -0.15) is 0 Å². The number of ether oxygens (including phenoxy) is 2. The van der Waals surface area contributed by atoms with Crippen molar-refractivity contribution in [1.29, 1.82) is 0 Å². The van der Waals surface area contributed by atoms with Gasteiger partial charge in [-0.25, -0.2) is 0 Å². The van der Waals surface area contributed by atoms with Crippen molar-refractivity contribution in [3.63, 3.8) is 0 Å². The molecule has 7 atom stereocenters. The summed E-state index contributed by atoms with van der Waals surface area (Å²) in [6.07, 6.45) is 8.21. The molecule has 0 radical (unpaired) electrons. The van der Waals surface area contributed by atoms with Crippen LogP contribution < -0.4 is 0 Å². The van der Waals surface area contributed by atoms with E-state index in [1.165, 1.54) is 12.5 Å². The molecule has 0 aromatic heterocycles. The van der Waals surface area contributed by atoms with E-state index in [0.29, 0.717) is 24.5 Å². The molecular weight excluding hydrogens is 368 g/mol. The molecule has 0 bridgehead atoms. The van der Waals surface area contributed by atoms with Gasteiger partial charge in [-0.15, -0.1) is 0 Å². The molecule has 5 heteroatoms. The van der Waals surface area contributed by atoms with Crippen LogP contribution in [0.4, 0.5) is 0 Å². The highest BCUT2D eigenvalue weighted by atomic mass is 16.5. The van der Waals surface area contributed by atoms with Crippen molar-refractivity contribution >= 4 is 17.7 Å². The van der Waals surface area contributed by atoms with Crippen LogP contribution in [0, 0.1) is 28.6 Å². The number of Topliss-reactive ketones (excluding diaryl/α,β-unsaturated/α-hetero) is 1. The Morgan fingerprint density at radius 2 is 1.76 bits per heavy atom. The molecule has 29 heavy (non-hydrogen) atoms. The Labute approximate surface area is 173 Å². The lowest BCUT2D eigenvalue weighted by molar-refractivity contribution is -0.161. The smallest absolute Gasteiger partial charge is 0.306 e. The topological polar surface area (TPSA) is 69.7 Å². The van der Waals surface area contributed by atoms with Gasteiger partial charge in [-0.05, 0) is 55.4 Å². The van der Waals surface area contributed by atoms with E-state index in [9.17, 15) is 14.4 Å². The van der Waals surface area contributed by atoms with Crippen LogP contribution in [0.2, 0.25) is 0 Å². The second-order valence-corrected chi connectivity index (χ2v) is 10.1. The maximum Gasteiger partial charge on any atom is 0.306 e. The van der Waals surface area contributed by atoms with E-state index in [0.717, 1.165) is 38.5 Å². The Kier molecular flexibility index (Phi) is 5.15. The number of hydrogen-bond acceptors (Lipinski definition) is 5. The lowest BCUT2D eigenvalue weighted by Gasteiger charge is -2.58. The maximum absolute atomic E-state index is 12.7. The minimum atomic E-state index is -0.276. The van der Waals surface area contributed by atoms with Gasteiger partial charge < -0.3 is 9.47 Å². The van der Waals surface area contributed by atoms with Crippen LogP contribution >= 0.6 is 0 Å². The molecule has 3 saturated carbocycles. The molecule has 0 spiro atoms. The highest BCUT2D eigenvalue weighted by Crippen LogP contribution is 2.64. The van der Waals surface area contributed by atoms with Crippen molar-refractivity contribution in [1.82, 2.24) is 0 Å². The summed E-state index contributed by atoms with van der Waals surface area (Å²) in [5, 5.41) is 0. The fraction of sp³-hybridized carbons (Fsp3) is 0.792. The van der Waals surface area contributed by atoms with Crippen LogP contribution in [0.5, 0.6) is 0 Å². The first-order valence-electron chi connectivity index (χ1n) is 11.3. The third-order valence-corrected chi connectivity index (χ3v) is 8.66. The molecule has 5 nitrogen and oxygen atoms in total. The summed E-state index contributed by atoms with van der Waals surface area (Å²) >= 11 is 0. The van der Waals surface area contributed by atoms with Crippen molar-refractivity contribution in [2.75, 3.05) is 0 Å². The summed E-state index contributed by atoms with van der Waals surface area (Å²) < 4.78 is 11.5. The molecule has 0 heterocycles. The fourth-order valence-corrected chi connectivity index (χ4v) is 7.05. The van der Waals surface area contributed by atoms with Crippen LogP contribution in [0.3, 0.4) is 0 Å². The second kappa shape index (κ2) is 7.24. The van der Waals surface area contributed by atoms with Gasteiger partial charge in [0, 0.05) is 37.5 Å². The van der Waals surface area contributed by atoms with Gasteiger partial charge in [0.25, 0.3) is 0 Å². The van der Waals surface area contributed by atoms with Crippen molar-refractivity contribution in [2.45, 2.75) is 91.3 Å². The minimum absolute atomic E-state index is 0.0312. The zero-order valence-electron chi connectivity index (χ0n) is 18.2. The number of ketones is 1. The Bertz CT molecular complexity index is 754. The number of fused-ring (bicyclic) bond motifs is 5. The molecule has 0 amide bonds. The summed E-state index contributed by atoms with van der Waals surface area (Å²) in [6.45, 7) is 7.77. The van der Waals surface area contributed by atoms with Crippen molar-refractivity contribution in [2.24, 2.45) is 28.6 Å². The van der Waals surface area contributed by atoms with E-state index in [2.05, 4.69) is 19.9 Å². The van der Waals surface area contributed by atoms with E-state index in [1.807, 2.05) is 6.92 Å². The largest absolute Gasteiger partial charge is 0.462 e. The quantitative estimate of drug-likeness (QED) is 0.517. The average molecular weight is 403 g/mol. The van der Waals surface area contributed by atoms with Crippen LogP contribution in [-0.2, 0) is 23.9 Å². The summed E-state index contributed by atoms with van der Waals surface area (Å²) in [6, 6.07) is 0. The van der Waals surface area contributed by atoms with Crippen LogP contribution in [0.15, 0.2) is 11.6 Å². The molecule has 0 aromatic carbocycles. The first kappa shape index (κ1) is 20.6. The number of carbonyl (C=O) groups is 3. The predicted molar refractivity (Wildman–Crippen MR) is 108 cm³/mol. The number of rotatable bonds is 3. The molecule has 4 rings (SSSR count). The summed E-state index contributed by atoms with van der Waals surface area (Å²) in [7, 11) is 0. The molecule has 0 saturated heterocycles. The summed E-state index contributed by atoms with van der Waals surface area (Å²) in [5.41, 5.74) is 1.04. The Hall–Kier alpha value is -1.65. The molecule has 160 valence electrons. The van der Waals surface area contributed by atoms with Gasteiger partial charge in [-0.1, -0.05) is 26.3 Å². The van der Waals surface area contributed by atoms with Crippen LogP contribution in [0.1, 0.15) is 79.1 Å². The predicted octanol–water partition coefficient (Wildman–Crippen LogP) is 4.38. The summed E-state index contributed by atoms with van der Waals surface area (Å²) in [4.78, 5) is 36.5. The van der Waals surface area contributed by atoms with Crippen molar-refractivity contribution < 1.29 is 23.9 Å². The Morgan fingerprint density at radius 3 is 2.45 bits per heavy atom. The molecule has 3 fully saturated rings. The third-order valence-electron chi connectivity index (χ3n) is 8.66. The first-order chi connectivity index (χ1) is 13.7. The first-order valence-corrected chi connectivity index (χ1v) is 11.3. The van der Waals surface area contributed by atoms with E-state index < -0.39 is 0 Å². The van der Waals surface area contributed by atoms with Gasteiger partial charge in [0.1, 0.15) is 18.0 Å². The molecule has 4 unspecified atom stereocenters. The van der Waals surface area contributed by atoms with Crippen LogP contribution in [0.25, 0.3) is 0 Å². The Balaban J connectivity index is 1.71. The monoisotopic (exact) mass is 402 g/mol. The molecule has 0 N–H and O–H groups in total. The maximum atomic E-state index is 12.7.